The molecule has 21 heavy (non-hydrogen) atoms. The van der Waals surface area contributed by atoms with E-state index in [0.29, 0.717) is 32.8 Å². The molecule has 6 heteroatoms. The largest absolute Gasteiger partial charge is 0.383 e. The van der Waals surface area contributed by atoms with E-state index in [0.717, 1.165) is 18.8 Å². The molecule has 0 atom stereocenters. The number of carbonyl (C=O) groups is 1. The average Bonchev–Trinajstić information content (AvgIpc) is 2.52. The number of hydrogen-bond acceptors (Lipinski definition) is 4. The Morgan fingerprint density at radius 3 is 2.52 bits per heavy atom. The van der Waals surface area contributed by atoms with Gasteiger partial charge in [-0.1, -0.05) is 0 Å². The van der Waals surface area contributed by atoms with Crippen molar-refractivity contribution in [3.05, 3.63) is 30.1 Å². The predicted molar refractivity (Wildman–Crippen MR) is 79.9 cm³/mol. The van der Waals surface area contributed by atoms with Gasteiger partial charge in [0.15, 0.2) is 0 Å². The summed E-state index contributed by atoms with van der Waals surface area (Å²) >= 11 is 0. The summed E-state index contributed by atoms with van der Waals surface area (Å²) < 4.78 is 17.8. The van der Waals surface area contributed by atoms with Crippen LogP contribution in [0.25, 0.3) is 0 Å². The molecule has 5 nitrogen and oxygen atoms in total. The number of nitrogens with one attached hydrogen (secondary N) is 1. The maximum absolute atomic E-state index is 12.9. The molecule has 116 valence electrons. The Morgan fingerprint density at radius 2 is 1.90 bits per heavy atom. The van der Waals surface area contributed by atoms with Crippen LogP contribution in [0.1, 0.15) is 0 Å². The van der Waals surface area contributed by atoms with Crippen LogP contribution in [0.2, 0.25) is 0 Å². The fourth-order valence-electron chi connectivity index (χ4n) is 2.35. The van der Waals surface area contributed by atoms with Crippen LogP contribution in [0.15, 0.2) is 24.3 Å². The molecule has 0 aliphatic carbocycles. The van der Waals surface area contributed by atoms with Crippen molar-refractivity contribution in [2.24, 2.45) is 0 Å². The minimum atomic E-state index is -0.227. The van der Waals surface area contributed by atoms with Crippen LogP contribution < -0.4 is 10.2 Å². The van der Waals surface area contributed by atoms with Crippen molar-refractivity contribution in [3.63, 3.8) is 0 Å². The van der Waals surface area contributed by atoms with Crippen molar-refractivity contribution in [1.82, 2.24) is 10.2 Å². The molecule has 1 heterocycles. The number of amides is 1. The summed E-state index contributed by atoms with van der Waals surface area (Å²) in [5, 5.41) is 3.06. The first-order chi connectivity index (χ1) is 10.2. The van der Waals surface area contributed by atoms with Crippen molar-refractivity contribution in [2.45, 2.75) is 0 Å². The Hall–Kier alpha value is -1.66. The van der Waals surface area contributed by atoms with Crippen LogP contribution in [0, 0.1) is 5.82 Å². The van der Waals surface area contributed by atoms with Crippen molar-refractivity contribution in [2.75, 3.05) is 57.9 Å². The summed E-state index contributed by atoms with van der Waals surface area (Å²) in [6.45, 7) is 4.57. The minimum Gasteiger partial charge on any atom is -0.383 e. The van der Waals surface area contributed by atoms with Crippen LogP contribution in [0.4, 0.5) is 10.1 Å². The molecule has 2 rings (SSSR count). The molecular weight excluding hydrogens is 273 g/mol. The molecule has 1 aromatic rings. The second-order valence-corrected chi connectivity index (χ2v) is 5.01. The molecule has 1 aromatic carbocycles. The highest BCUT2D eigenvalue weighted by Gasteiger charge is 2.20. The standard InChI is InChI=1S/C15H22FN3O2/c1-21-11-6-17-12-15(20)19-9-7-18(8-10-19)14-4-2-13(16)3-5-14/h2-5,17H,6-12H2,1H3. The van der Waals surface area contributed by atoms with Gasteiger partial charge in [-0.2, -0.15) is 0 Å². The maximum Gasteiger partial charge on any atom is 0.236 e. The summed E-state index contributed by atoms with van der Waals surface area (Å²) in [7, 11) is 1.64. The molecule has 0 radical (unpaired) electrons. The highest BCUT2D eigenvalue weighted by molar-refractivity contribution is 5.78. The van der Waals surface area contributed by atoms with Crippen LogP contribution in [-0.2, 0) is 9.53 Å². The molecule has 0 unspecified atom stereocenters. The Kier molecular flexibility index (Phi) is 5.95. The Balaban J connectivity index is 1.75. The number of methoxy groups -OCH3 is 1. The minimum absolute atomic E-state index is 0.116. The predicted octanol–water partition coefficient (Wildman–Crippen LogP) is 0.710. The number of hydrogen-bond donors (Lipinski definition) is 1. The number of carbonyl (C=O) groups excluding carboxylic acids is 1. The van der Waals surface area contributed by atoms with Gasteiger partial charge in [-0.3, -0.25) is 4.79 Å². The monoisotopic (exact) mass is 295 g/mol. The third kappa shape index (κ3) is 4.68. The first-order valence-electron chi connectivity index (χ1n) is 7.18. The summed E-state index contributed by atoms with van der Waals surface area (Å²) in [6.07, 6.45) is 0. The van der Waals surface area contributed by atoms with Crippen molar-refractivity contribution in [3.8, 4) is 0 Å². The Bertz CT molecular complexity index is 445. The van der Waals surface area contributed by atoms with Gasteiger partial charge in [-0.15, -0.1) is 0 Å². The lowest BCUT2D eigenvalue weighted by atomic mass is 10.2. The van der Waals surface area contributed by atoms with Gasteiger partial charge in [0.1, 0.15) is 5.82 Å². The van der Waals surface area contributed by atoms with Gasteiger partial charge in [0.2, 0.25) is 5.91 Å². The molecule has 1 aliphatic heterocycles. The first-order valence-corrected chi connectivity index (χ1v) is 7.18. The van der Waals surface area contributed by atoms with E-state index in [-0.39, 0.29) is 11.7 Å². The normalized spacial score (nSPS) is 15.3. The second-order valence-electron chi connectivity index (χ2n) is 5.01. The zero-order valence-electron chi connectivity index (χ0n) is 12.3. The number of nitrogens with zero attached hydrogens (tertiary/aromatic N) is 2. The number of benzene rings is 1. The molecule has 0 saturated carbocycles. The quantitative estimate of drug-likeness (QED) is 0.785. The lowest BCUT2D eigenvalue weighted by Crippen LogP contribution is -2.51. The lowest BCUT2D eigenvalue weighted by Gasteiger charge is -2.36. The van der Waals surface area contributed by atoms with Crippen LogP contribution >= 0.6 is 0 Å². The van der Waals surface area contributed by atoms with E-state index in [2.05, 4.69) is 10.2 Å². The Morgan fingerprint density at radius 1 is 1.24 bits per heavy atom. The van der Waals surface area contributed by atoms with E-state index >= 15 is 0 Å². The van der Waals surface area contributed by atoms with E-state index in [9.17, 15) is 9.18 Å². The van der Waals surface area contributed by atoms with Gasteiger partial charge in [0, 0.05) is 45.5 Å². The van der Waals surface area contributed by atoms with Crippen LogP contribution in [0.5, 0.6) is 0 Å². The van der Waals surface area contributed by atoms with Gasteiger partial charge in [0.05, 0.1) is 13.2 Å². The molecule has 1 saturated heterocycles. The van der Waals surface area contributed by atoms with Gasteiger partial charge in [-0.05, 0) is 24.3 Å². The van der Waals surface area contributed by atoms with Crippen molar-refractivity contribution >= 4 is 11.6 Å². The van der Waals surface area contributed by atoms with E-state index in [1.165, 1.54) is 12.1 Å². The van der Waals surface area contributed by atoms with Gasteiger partial charge in [-0.25, -0.2) is 4.39 Å². The van der Waals surface area contributed by atoms with Gasteiger partial charge >= 0.3 is 0 Å². The molecule has 0 bridgehead atoms. The number of rotatable bonds is 6. The molecule has 0 spiro atoms. The number of piperazine rings is 1. The SMILES string of the molecule is COCCNCC(=O)N1CCN(c2ccc(F)cc2)CC1. The van der Waals surface area contributed by atoms with Crippen molar-refractivity contribution in [1.29, 1.82) is 0 Å². The molecule has 0 aromatic heterocycles. The molecule has 1 fully saturated rings. The number of halogens is 1. The third-order valence-electron chi connectivity index (χ3n) is 3.58. The first kappa shape index (κ1) is 15.7. The van der Waals surface area contributed by atoms with E-state index in [1.807, 2.05) is 4.90 Å². The topological polar surface area (TPSA) is 44.8 Å². The van der Waals surface area contributed by atoms with Gasteiger partial charge in [0.25, 0.3) is 0 Å². The maximum atomic E-state index is 12.9. The van der Waals surface area contributed by atoms with E-state index in [1.54, 1.807) is 19.2 Å². The number of anilines is 1. The third-order valence-corrected chi connectivity index (χ3v) is 3.58. The highest BCUT2D eigenvalue weighted by Crippen LogP contribution is 2.16. The van der Waals surface area contributed by atoms with E-state index < -0.39 is 0 Å². The summed E-state index contributed by atoms with van der Waals surface area (Å²) in [5.41, 5.74) is 1.00. The summed E-state index contributed by atoms with van der Waals surface area (Å²) in [6, 6.07) is 6.48. The van der Waals surface area contributed by atoms with Gasteiger partial charge < -0.3 is 19.9 Å². The van der Waals surface area contributed by atoms with Crippen LogP contribution in [0.3, 0.4) is 0 Å². The number of ether oxygens (including phenoxy) is 1. The summed E-state index contributed by atoms with van der Waals surface area (Å²) in [5.74, 6) is -0.112. The second kappa shape index (κ2) is 7.95. The Labute approximate surface area is 124 Å². The fraction of sp³-hybridized carbons (Fsp3) is 0.533. The van der Waals surface area contributed by atoms with Crippen LogP contribution in [-0.4, -0.2) is 63.8 Å². The van der Waals surface area contributed by atoms with E-state index in [4.69, 9.17) is 4.74 Å². The zero-order valence-corrected chi connectivity index (χ0v) is 12.3. The molecule has 1 N–H and O–H groups in total. The zero-order chi connectivity index (χ0) is 15.1. The average molecular weight is 295 g/mol. The molecular formula is C15H22FN3O2. The van der Waals surface area contributed by atoms with Crippen molar-refractivity contribution < 1.29 is 13.9 Å². The fourth-order valence-corrected chi connectivity index (χ4v) is 2.35. The summed E-state index contributed by atoms with van der Waals surface area (Å²) in [4.78, 5) is 16.0. The lowest BCUT2D eigenvalue weighted by molar-refractivity contribution is -0.130. The smallest absolute Gasteiger partial charge is 0.236 e. The highest BCUT2D eigenvalue weighted by atomic mass is 19.1. The molecule has 1 amide bonds. The molecule has 1 aliphatic rings.